The lowest BCUT2D eigenvalue weighted by Crippen LogP contribution is -2.42. The van der Waals surface area contributed by atoms with E-state index in [2.05, 4.69) is 90.6 Å². The Labute approximate surface area is 397 Å². The highest BCUT2D eigenvalue weighted by molar-refractivity contribution is 6.74. The summed E-state index contributed by atoms with van der Waals surface area (Å²) in [5.74, 6) is 6.99. The smallest absolute Gasteiger partial charge is 0.280 e. The number of aromatic nitrogens is 12. The lowest BCUT2D eigenvalue weighted by Gasteiger charge is -2.36. The molecule has 9 atom stereocenters. The molecular formula is C44H52F3N13O9Si. The van der Waals surface area contributed by atoms with Gasteiger partial charge in [-0.15, -0.1) is 19.3 Å². The monoisotopic (exact) mass is 991 g/mol. The second-order valence-electron chi connectivity index (χ2n) is 18.6. The van der Waals surface area contributed by atoms with E-state index in [-0.39, 0.29) is 89.1 Å². The Hall–Kier alpha value is -6.70. The Morgan fingerprint density at radius 1 is 0.700 bits per heavy atom. The number of halogens is 3. The number of nitrogens with one attached hydrogen (secondary N) is 3. The number of nitrogens with zero attached hydrogens (tertiary/aromatic N) is 9. The molecule has 7 N–H and O–H groups in total. The Bertz CT molecular complexity index is 3120. The van der Waals surface area contributed by atoms with Gasteiger partial charge in [-0.05, 0) is 32.0 Å². The van der Waals surface area contributed by atoms with E-state index in [4.69, 9.17) is 53.9 Å². The van der Waals surface area contributed by atoms with Crippen LogP contribution in [0.2, 0.25) is 18.1 Å². The fourth-order valence-electron chi connectivity index (χ4n) is 7.92. The highest BCUT2D eigenvalue weighted by Crippen LogP contribution is 2.45. The molecule has 3 saturated heterocycles. The summed E-state index contributed by atoms with van der Waals surface area (Å²) in [6, 6.07) is 0. The molecule has 26 heteroatoms. The van der Waals surface area contributed by atoms with Crippen LogP contribution in [0, 0.1) is 50.9 Å². The van der Waals surface area contributed by atoms with Gasteiger partial charge in [0.2, 0.25) is 23.0 Å². The molecule has 0 aliphatic carbocycles. The van der Waals surface area contributed by atoms with Crippen molar-refractivity contribution in [3.8, 4) is 37.0 Å². The normalized spacial score (nSPS) is 27.7. The molecule has 6 aromatic heterocycles. The zero-order valence-electron chi connectivity index (χ0n) is 39.2. The molecule has 0 bridgehead atoms. The molecule has 22 nitrogen and oxygen atoms in total. The van der Waals surface area contributed by atoms with Crippen LogP contribution in [0.5, 0.6) is 0 Å². The topological polar surface area (TPSA) is 294 Å². The largest absolute Gasteiger partial charge is 0.414 e. The first-order chi connectivity index (χ1) is 32.8. The highest BCUT2D eigenvalue weighted by Gasteiger charge is 2.53. The van der Waals surface area contributed by atoms with E-state index in [1.54, 1.807) is 13.8 Å². The van der Waals surface area contributed by atoms with Crippen molar-refractivity contribution in [1.29, 1.82) is 0 Å². The summed E-state index contributed by atoms with van der Waals surface area (Å²) in [5.41, 5.74) is -1.45. The number of aliphatic hydroxyl groups is 2. The number of rotatable bonds is 8. The third-order valence-electron chi connectivity index (χ3n) is 12.6. The third kappa shape index (κ3) is 9.48. The van der Waals surface area contributed by atoms with Crippen LogP contribution >= 0.6 is 0 Å². The summed E-state index contributed by atoms with van der Waals surface area (Å²) >= 11 is 0. The van der Waals surface area contributed by atoms with E-state index in [1.807, 2.05) is 5.92 Å². The van der Waals surface area contributed by atoms with Gasteiger partial charge < -0.3 is 44.6 Å². The van der Waals surface area contributed by atoms with Gasteiger partial charge in [0.25, 0.3) is 16.7 Å². The van der Waals surface area contributed by atoms with E-state index in [9.17, 15) is 23.2 Å². The molecule has 0 radical (unpaired) electrons. The summed E-state index contributed by atoms with van der Waals surface area (Å²) in [4.78, 5) is 67.2. The van der Waals surface area contributed by atoms with Gasteiger partial charge in [-0.2, -0.15) is 4.98 Å². The van der Waals surface area contributed by atoms with E-state index < -0.39 is 73.4 Å². The maximum Gasteiger partial charge on any atom is 0.280 e. The maximum absolute atomic E-state index is 15.5. The Balaban J connectivity index is 0.000000157. The van der Waals surface area contributed by atoms with Gasteiger partial charge in [-0.25, -0.2) is 38.1 Å². The van der Waals surface area contributed by atoms with Crippen molar-refractivity contribution in [2.24, 2.45) is 0 Å². The van der Waals surface area contributed by atoms with Crippen LogP contribution in [0.1, 0.15) is 70.4 Å². The van der Waals surface area contributed by atoms with Crippen LogP contribution < -0.4 is 22.4 Å². The standard InChI is InChI=1S/C19H27FN4O3Si.C13H13FN4O3.C12H12FN5O3/c1-8-19(20)9-13(10-26-28(6,7)18(3,4)5)27-17(19)24-11-21-14-15(24)22-12(2)23-16(14)25;1-3-13(14)4-8(5-19)21-12(13)18-6-15-9-10(18)16-7(2)17-11(9)20;1-2-12(13)3-6(4-19)21-10(12)18-5-15-7-8(18)16-11(14)17-9(7)20/h1,11,13,17H,9-10H2,2-7H3,(H,22,23,25);1,6,8,12,19H,4-5H2,2H3,(H,16,17,20);1,5-6,10,19H,3-4H2,(H3,14,16,17,20)/t13-,17+,19+;8-,12+,13+;6-,10+,12+/m000/s1. The minimum absolute atomic E-state index is 0.000352. The van der Waals surface area contributed by atoms with E-state index in [1.165, 1.54) is 32.7 Å². The van der Waals surface area contributed by atoms with Gasteiger partial charge in [-0.3, -0.25) is 33.1 Å². The second-order valence-corrected chi connectivity index (χ2v) is 23.4. The van der Waals surface area contributed by atoms with Gasteiger partial charge in [0.1, 0.15) is 11.6 Å². The molecule has 372 valence electrons. The molecule has 9 rings (SSSR count). The number of hydrogen-bond donors (Lipinski definition) is 6. The number of fused-ring (bicyclic) bond motifs is 3. The summed E-state index contributed by atoms with van der Waals surface area (Å²) in [5, 5.41) is 18.3. The number of aliphatic hydroxyl groups excluding tert-OH is 2. The fourth-order valence-corrected chi connectivity index (χ4v) is 8.96. The number of aryl methyl sites for hydroxylation is 2. The number of nitrogens with two attached hydrogens (primary N) is 1. The molecule has 3 aliphatic heterocycles. The highest BCUT2D eigenvalue weighted by atomic mass is 28.4. The molecule has 6 aromatic rings. The minimum atomic E-state index is -2.14. The molecule has 0 amide bonds. The van der Waals surface area contributed by atoms with Crippen molar-refractivity contribution < 1.29 is 42.0 Å². The first-order valence-corrected chi connectivity index (χ1v) is 24.7. The first-order valence-electron chi connectivity index (χ1n) is 21.8. The number of hydrogen-bond acceptors (Lipinski definition) is 16. The van der Waals surface area contributed by atoms with Crippen LogP contribution in [0.3, 0.4) is 0 Å². The number of nitrogen functional groups attached to an aromatic ring is 1. The molecule has 70 heavy (non-hydrogen) atoms. The molecule has 0 saturated carbocycles. The fraction of sp³-hybridized carbons (Fsp3) is 0.523. The van der Waals surface area contributed by atoms with E-state index in [0.717, 1.165) is 0 Å². The quantitative estimate of drug-likeness (QED) is 0.0943. The molecule has 9 heterocycles. The first kappa shape index (κ1) is 51.2. The van der Waals surface area contributed by atoms with Crippen molar-refractivity contribution in [3.05, 3.63) is 61.7 Å². The van der Waals surface area contributed by atoms with Crippen molar-refractivity contribution >= 4 is 47.8 Å². The number of terminal acetylenes is 3. The number of alkyl halides is 3. The summed E-state index contributed by atoms with van der Waals surface area (Å²) in [6.45, 7) is 13.5. The van der Waals surface area contributed by atoms with Crippen LogP contribution in [-0.2, 0) is 18.6 Å². The minimum Gasteiger partial charge on any atom is -0.414 e. The predicted octanol–water partition coefficient (Wildman–Crippen LogP) is 2.45. The van der Waals surface area contributed by atoms with Gasteiger partial charge >= 0.3 is 0 Å². The summed E-state index contributed by atoms with van der Waals surface area (Å²) in [6.07, 6.45) is 14.1. The molecule has 0 aromatic carbocycles. The Kier molecular flexibility index (Phi) is 13.8. The molecule has 3 fully saturated rings. The van der Waals surface area contributed by atoms with Crippen LogP contribution in [0.4, 0.5) is 19.1 Å². The molecule has 0 unspecified atom stereocenters. The van der Waals surface area contributed by atoms with Crippen molar-refractivity contribution in [2.45, 2.75) is 126 Å². The zero-order valence-corrected chi connectivity index (χ0v) is 40.2. The average Bonchev–Trinajstić information content (AvgIpc) is 4.16. The molecule has 0 spiro atoms. The zero-order chi connectivity index (χ0) is 51.3. The number of aromatic amines is 3. The lowest BCUT2D eigenvalue weighted by molar-refractivity contribution is -0.0473. The van der Waals surface area contributed by atoms with Gasteiger partial charge in [0.15, 0.2) is 60.5 Å². The van der Waals surface area contributed by atoms with Crippen molar-refractivity contribution in [1.82, 2.24) is 58.6 Å². The Morgan fingerprint density at radius 3 is 1.40 bits per heavy atom. The van der Waals surface area contributed by atoms with Gasteiger partial charge in [0.05, 0.1) is 57.1 Å². The number of imidazole rings is 3. The molecular weight excluding hydrogens is 940 g/mol. The van der Waals surface area contributed by atoms with Gasteiger partial charge in [-0.1, -0.05) is 38.5 Å². The third-order valence-corrected chi connectivity index (χ3v) is 17.1. The van der Waals surface area contributed by atoms with Gasteiger partial charge in [0, 0.05) is 19.3 Å². The predicted molar refractivity (Wildman–Crippen MR) is 249 cm³/mol. The summed E-state index contributed by atoms with van der Waals surface area (Å²) in [7, 11) is -2.01. The van der Waals surface area contributed by atoms with E-state index >= 15 is 4.39 Å². The van der Waals surface area contributed by atoms with E-state index in [0.29, 0.717) is 11.6 Å². The SMILES string of the molecule is C#C[C@@]1(F)C[C@@H](CO)O[C@H]1n1cnc2c(=O)[nH]c(C)nc21.C#C[C@@]1(F)C[C@@H](CO)O[C@H]1n1cnc2c(=O)[nH]c(N)nc21.C#C[C@@]1(F)C[C@@H](CO[Si](C)(C)C(C)(C)C)O[C@H]1n1cnc2c(=O)[nH]c(C)nc21. The number of anilines is 1. The molecule has 3 aliphatic rings. The van der Waals surface area contributed by atoms with Crippen LogP contribution in [-0.4, -0.2) is 132 Å². The van der Waals surface area contributed by atoms with Crippen LogP contribution in [0.15, 0.2) is 33.4 Å². The van der Waals surface area contributed by atoms with Crippen molar-refractivity contribution in [3.63, 3.8) is 0 Å². The van der Waals surface area contributed by atoms with Crippen molar-refractivity contribution in [2.75, 3.05) is 25.6 Å². The Morgan fingerprint density at radius 2 is 1.04 bits per heavy atom. The van der Waals surface area contributed by atoms with Crippen LogP contribution in [0.25, 0.3) is 33.5 Å². The summed E-state index contributed by atoms with van der Waals surface area (Å²) < 4.78 is 72.0. The second kappa shape index (κ2) is 18.9. The lowest BCUT2D eigenvalue weighted by atomic mass is 10.0. The average molecular weight is 992 g/mol. The number of H-pyrrole nitrogens is 3. The maximum atomic E-state index is 15.5. The number of ether oxygens (including phenoxy) is 3.